The first-order valence-corrected chi connectivity index (χ1v) is 6.61. The number of alkyl halides is 3. The van der Waals surface area contributed by atoms with Gasteiger partial charge in [-0.15, -0.1) is 0 Å². The molecule has 0 amide bonds. The number of anilines is 3. The summed E-state index contributed by atoms with van der Waals surface area (Å²) in [5.74, 6) is 5.50. The summed E-state index contributed by atoms with van der Waals surface area (Å²) in [6.45, 7) is 0. The third-order valence-electron chi connectivity index (χ3n) is 2.42. The van der Waals surface area contributed by atoms with Gasteiger partial charge in [-0.05, 0) is 34.1 Å². The van der Waals surface area contributed by atoms with Gasteiger partial charge in [-0.2, -0.15) is 18.2 Å². The summed E-state index contributed by atoms with van der Waals surface area (Å²) < 4.78 is 38.6. The molecule has 0 saturated heterocycles. The lowest BCUT2D eigenvalue weighted by atomic mass is 10.2. The fourth-order valence-electron chi connectivity index (χ4n) is 1.45. The highest BCUT2D eigenvalue weighted by atomic mass is 79.9. The van der Waals surface area contributed by atoms with E-state index in [0.717, 1.165) is 18.2 Å². The predicted octanol–water partition coefficient (Wildman–Crippen LogP) is 3.94. The maximum Gasteiger partial charge on any atom is 0.416 e. The van der Waals surface area contributed by atoms with Crippen LogP contribution >= 0.6 is 27.5 Å². The standard InChI is InChI=1S/C11H8BrClF3N5/c12-6-4-18-10(21-17)20-9(6)19-8-3-5(11(14,15)16)1-2-7(8)13/h1-4H,17H2,(H2,18,19,20,21). The molecule has 0 radical (unpaired) electrons. The molecule has 0 fully saturated rings. The number of nitrogens with one attached hydrogen (secondary N) is 2. The summed E-state index contributed by atoms with van der Waals surface area (Å²) in [5.41, 5.74) is 1.48. The summed E-state index contributed by atoms with van der Waals surface area (Å²) in [6.07, 6.45) is -3.07. The van der Waals surface area contributed by atoms with E-state index in [1.807, 2.05) is 0 Å². The summed E-state index contributed by atoms with van der Waals surface area (Å²) in [6, 6.07) is 2.95. The number of benzene rings is 1. The van der Waals surface area contributed by atoms with Crippen LogP contribution in [0.15, 0.2) is 28.9 Å². The van der Waals surface area contributed by atoms with Crippen LogP contribution in [-0.2, 0) is 6.18 Å². The van der Waals surface area contributed by atoms with E-state index in [1.165, 1.54) is 6.20 Å². The van der Waals surface area contributed by atoms with E-state index in [4.69, 9.17) is 17.4 Å². The molecule has 2 rings (SSSR count). The molecule has 0 aliphatic carbocycles. The summed E-state index contributed by atoms with van der Waals surface area (Å²) in [7, 11) is 0. The first-order valence-electron chi connectivity index (χ1n) is 5.44. The lowest BCUT2D eigenvalue weighted by Crippen LogP contribution is -2.11. The lowest BCUT2D eigenvalue weighted by Gasteiger charge is -2.13. The first-order chi connectivity index (χ1) is 9.81. The highest BCUT2D eigenvalue weighted by Crippen LogP contribution is 2.35. The third-order valence-corrected chi connectivity index (χ3v) is 3.33. The Morgan fingerprint density at radius 2 is 2.00 bits per heavy atom. The van der Waals surface area contributed by atoms with Gasteiger partial charge in [-0.1, -0.05) is 11.6 Å². The molecule has 2 aromatic rings. The summed E-state index contributed by atoms with van der Waals surface area (Å²) >= 11 is 9.07. The monoisotopic (exact) mass is 381 g/mol. The average Bonchev–Trinajstić information content (AvgIpc) is 2.42. The average molecular weight is 383 g/mol. The van der Waals surface area contributed by atoms with Crippen LogP contribution in [0.1, 0.15) is 5.56 Å². The highest BCUT2D eigenvalue weighted by molar-refractivity contribution is 9.10. The number of aromatic nitrogens is 2. The second-order valence-corrected chi connectivity index (χ2v) is 5.11. The van der Waals surface area contributed by atoms with Crippen LogP contribution in [0.5, 0.6) is 0 Å². The molecular weight excluding hydrogens is 375 g/mol. The van der Waals surface area contributed by atoms with Gasteiger partial charge in [0, 0.05) is 6.20 Å². The van der Waals surface area contributed by atoms with Crippen molar-refractivity contribution in [2.45, 2.75) is 6.18 Å². The van der Waals surface area contributed by atoms with Crippen molar-refractivity contribution in [3.63, 3.8) is 0 Å². The first kappa shape index (κ1) is 15.8. The fraction of sp³-hybridized carbons (Fsp3) is 0.0909. The van der Waals surface area contributed by atoms with E-state index in [2.05, 4.69) is 36.6 Å². The number of nitrogen functional groups attached to an aromatic ring is 1. The molecule has 0 unspecified atom stereocenters. The van der Waals surface area contributed by atoms with Crippen molar-refractivity contribution in [1.82, 2.24) is 9.97 Å². The molecule has 0 aliphatic heterocycles. The van der Waals surface area contributed by atoms with E-state index in [9.17, 15) is 13.2 Å². The van der Waals surface area contributed by atoms with Crippen LogP contribution in [0.4, 0.5) is 30.6 Å². The van der Waals surface area contributed by atoms with E-state index in [-0.39, 0.29) is 22.5 Å². The van der Waals surface area contributed by atoms with Gasteiger partial charge in [0.25, 0.3) is 0 Å². The van der Waals surface area contributed by atoms with Crippen LogP contribution in [-0.4, -0.2) is 9.97 Å². The van der Waals surface area contributed by atoms with Crippen LogP contribution in [0, 0.1) is 0 Å². The molecule has 1 aromatic heterocycles. The maximum atomic E-state index is 12.7. The fourth-order valence-corrected chi connectivity index (χ4v) is 1.90. The van der Waals surface area contributed by atoms with Gasteiger partial charge in [0.2, 0.25) is 5.95 Å². The zero-order valence-corrected chi connectivity index (χ0v) is 12.5. The SMILES string of the molecule is NNc1ncc(Br)c(Nc2cc(C(F)(F)F)ccc2Cl)n1. The number of nitrogens with two attached hydrogens (primary N) is 1. The Morgan fingerprint density at radius 1 is 1.29 bits per heavy atom. The van der Waals surface area contributed by atoms with Crippen LogP contribution < -0.4 is 16.6 Å². The van der Waals surface area contributed by atoms with Gasteiger partial charge in [0.1, 0.15) is 5.82 Å². The number of halogens is 5. The number of hydrazine groups is 1. The van der Waals surface area contributed by atoms with Crippen molar-refractivity contribution in [2.75, 3.05) is 10.7 Å². The molecule has 5 nitrogen and oxygen atoms in total. The van der Waals surface area contributed by atoms with Crippen molar-refractivity contribution in [3.05, 3.63) is 39.5 Å². The summed E-state index contributed by atoms with van der Waals surface area (Å²) in [4.78, 5) is 7.81. The Balaban J connectivity index is 2.39. The molecule has 0 atom stereocenters. The van der Waals surface area contributed by atoms with Gasteiger partial charge in [-0.3, -0.25) is 5.43 Å². The Hall–Kier alpha value is -1.58. The Morgan fingerprint density at radius 3 is 2.62 bits per heavy atom. The minimum absolute atomic E-state index is 0.0638. The lowest BCUT2D eigenvalue weighted by molar-refractivity contribution is -0.137. The van der Waals surface area contributed by atoms with Gasteiger partial charge in [-0.25, -0.2) is 10.8 Å². The van der Waals surface area contributed by atoms with Gasteiger partial charge >= 0.3 is 6.18 Å². The molecule has 0 bridgehead atoms. The normalized spacial score (nSPS) is 11.3. The summed E-state index contributed by atoms with van der Waals surface area (Å²) in [5, 5.41) is 2.82. The van der Waals surface area contributed by atoms with Crippen molar-refractivity contribution >= 4 is 45.0 Å². The maximum absolute atomic E-state index is 12.7. The number of nitrogens with zero attached hydrogens (tertiary/aromatic N) is 2. The number of hydrogen-bond acceptors (Lipinski definition) is 5. The number of hydrogen-bond donors (Lipinski definition) is 3. The zero-order chi connectivity index (χ0) is 15.6. The smallest absolute Gasteiger partial charge is 0.338 e. The van der Waals surface area contributed by atoms with Crippen LogP contribution in [0.3, 0.4) is 0 Å². The molecular formula is C11H8BrClF3N5. The molecule has 4 N–H and O–H groups in total. The molecule has 1 aromatic carbocycles. The molecule has 0 spiro atoms. The predicted molar refractivity (Wildman–Crippen MR) is 77.3 cm³/mol. The third kappa shape index (κ3) is 3.74. The second kappa shape index (κ2) is 6.04. The molecule has 0 saturated carbocycles. The second-order valence-electron chi connectivity index (χ2n) is 3.85. The molecule has 10 heteroatoms. The number of rotatable bonds is 3. The molecule has 1 heterocycles. The highest BCUT2D eigenvalue weighted by Gasteiger charge is 2.31. The molecule has 0 aliphatic rings. The van der Waals surface area contributed by atoms with Crippen LogP contribution in [0.25, 0.3) is 0 Å². The van der Waals surface area contributed by atoms with E-state index in [1.54, 1.807) is 0 Å². The minimum atomic E-state index is -4.46. The Labute approximate surface area is 130 Å². The van der Waals surface area contributed by atoms with Crippen molar-refractivity contribution in [3.8, 4) is 0 Å². The zero-order valence-electron chi connectivity index (χ0n) is 10.2. The topological polar surface area (TPSA) is 75.9 Å². The minimum Gasteiger partial charge on any atom is -0.338 e. The van der Waals surface area contributed by atoms with Crippen LogP contribution in [0.2, 0.25) is 5.02 Å². The molecule has 112 valence electrons. The van der Waals surface area contributed by atoms with Crippen molar-refractivity contribution in [2.24, 2.45) is 5.84 Å². The Bertz CT molecular complexity index is 665. The quantitative estimate of drug-likeness (QED) is 0.554. The van der Waals surface area contributed by atoms with Crippen molar-refractivity contribution < 1.29 is 13.2 Å². The molecule has 21 heavy (non-hydrogen) atoms. The Kier molecular flexibility index (Phi) is 4.55. The van der Waals surface area contributed by atoms with E-state index >= 15 is 0 Å². The van der Waals surface area contributed by atoms with Gasteiger partial charge in [0.15, 0.2) is 0 Å². The largest absolute Gasteiger partial charge is 0.416 e. The van der Waals surface area contributed by atoms with E-state index < -0.39 is 11.7 Å². The van der Waals surface area contributed by atoms with E-state index in [0.29, 0.717) is 4.47 Å². The van der Waals surface area contributed by atoms with Crippen molar-refractivity contribution in [1.29, 1.82) is 0 Å². The van der Waals surface area contributed by atoms with Gasteiger partial charge in [0.05, 0.1) is 20.7 Å². The van der Waals surface area contributed by atoms with Gasteiger partial charge < -0.3 is 5.32 Å².